The first-order valence-corrected chi connectivity index (χ1v) is 4.55. The van der Waals surface area contributed by atoms with Gasteiger partial charge in [-0.15, -0.1) is 0 Å². The fraction of sp³-hybridized carbons (Fsp3) is 0.889. The van der Waals surface area contributed by atoms with Gasteiger partial charge in [-0.1, -0.05) is 13.8 Å². The molecule has 2 atom stereocenters. The molecule has 0 N–H and O–H groups in total. The van der Waals surface area contributed by atoms with Crippen molar-refractivity contribution >= 4 is 6.09 Å². The van der Waals surface area contributed by atoms with Gasteiger partial charge in [0.05, 0.1) is 13.7 Å². The van der Waals surface area contributed by atoms with Crippen molar-refractivity contribution in [1.29, 1.82) is 0 Å². The lowest BCUT2D eigenvalue weighted by atomic mass is 10.0. The fourth-order valence-corrected chi connectivity index (χ4v) is 1.77. The summed E-state index contributed by atoms with van der Waals surface area (Å²) in [4.78, 5) is 12.7. The molecule has 0 saturated carbocycles. The van der Waals surface area contributed by atoms with E-state index in [0.717, 1.165) is 0 Å². The van der Waals surface area contributed by atoms with Crippen LogP contribution in [0.2, 0.25) is 0 Å². The number of halogens is 1. The third-order valence-electron chi connectivity index (χ3n) is 2.47. The van der Waals surface area contributed by atoms with E-state index in [1.54, 1.807) is 0 Å². The summed E-state index contributed by atoms with van der Waals surface area (Å²) in [5, 5.41) is 0. The Kier molecular flexibility index (Phi) is 3.12. The van der Waals surface area contributed by atoms with Gasteiger partial charge in [0.1, 0.15) is 6.17 Å². The molecule has 0 aromatic rings. The number of nitrogens with zero attached hydrogens (tertiary/aromatic N) is 1. The molecule has 76 valence electrons. The van der Waals surface area contributed by atoms with Crippen molar-refractivity contribution in [3.05, 3.63) is 0 Å². The minimum atomic E-state index is -0.897. The van der Waals surface area contributed by atoms with Crippen molar-refractivity contribution in [3.8, 4) is 0 Å². The van der Waals surface area contributed by atoms with Gasteiger partial charge in [0.2, 0.25) is 0 Å². The lowest BCUT2D eigenvalue weighted by Crippen LogP contribution is -2.38. The average molecular weight is 189 g/mol. The van der Waals surface area contributed by atoms with Gasteiger partial charge in [-0.05, 0) is 5.92 Å². The summed E-state index contributed by atoms with van der Waals surface area (Å²) in [6, 6.07) is -0.0116. The standard InChI is InChI=1S/C9H16FNO2/c1-6(2)8-4-7(10)5-11(8)9(12)13-3/h6-8H,4-5H2,1-3H3. The molecule has 1 fully saturated rings. The molecule has 0 aliphatic carbocycles. The Labute approximate surface area is 77.9 Å². The lowest BCUT2D eigenvalue weighted by Gasteiger charge is -2.25. The minimum Gasteiger partial charge on any atom is -0.453 e. The smallest absolute Gasteiger partial charge is 0.409 e. The first-order valence-electron chi connectivity index (χ1n) is 4.55. The molecule has 0 aromatic heterocycles. The topological polar surface area (TPSA) is 29.5 Å². The van der Waals surface area contributed by atoms with Crippen molar-refractivity contribution in [3.63, 3.8) is 0 Å². The molecule has 0 aromatic carbocycles. The molecule has 13 heavy (non-hydrogen) atoms. The number of ether oxygens (including phenoxy) is 1. The maximum absolute atomic E-state index is 13.0. The average Bonchev–Trinajstić information content (AvgIpc) is 2.46. The van der Waals surface area contributed by atoms with Crippen LogP contribution in [0, 0.1) is 5.92 Å². The van der Waals surface area contributed by atoms with Gasteiger partial charge < -0.3 is 9.64 Å². The van der Waals surface area contributed by atoms with Gasteiger partial charge in [0, 0.05) is 12.5 Å². The molecule has 2 unspecified atom stereocenters. The molecule has 1 aliphatic heterocycles. The lowest BCUT2D eigenvalue weighted by molar-refractivity contribution is 0.108. The van der Waals surface area contributed by atoms with Gasteiger partial charge in [0.25, 0.3) is 0 Å². The van der Waals surface area contributed by atoms with E-state index in [1.165, 1.54) is 12.0 Å². The number of hydrogen-bond donors (Lipinski definition) is 0. The van der Waals surface area contributed by atoms with Gasteiger partial charge >= 0.3 is 6.09 Å². The van der Waals surface area contributed by atoms with Crippen LogP contribution in [-0.2, 0) is 4.74 Å². The summed E-state index contributed by atoms with van der Waals surface area (Å²) >= 11 is 0. The van der Waals surface area contributed by atoms with E-state index in [2.05, 4.69) is 4.74 Å². The highest BCUT2D eigenvalue weighted by Gasteiger charge is 2.37. The second-order valence-corrected chi connectivity index (χ2v) is 3.77. The zero-order chi connectivity index (χ0) is 10.0. The van der Waals surface area contributed by atoms with E-state index in [4.69, 9.17) is 0 Å². The quantitative estimate of drug-likeness (QED) is 0.629. The normalized spacial score (nSPS) is 28.2. The van der Waals surface area contributed by atoms with Crippen LogP contribution in [0.1, 0.15) is 20.3 Å². The Hall–Kier alpha value is -0.800. The number of alkyl halides is 1. The predicted molar refractivity (Wildman–Crippen MR) is 47.3 cm³/mol. The Balaban J connectivity index is 2.66. The first kappa shape index (κ1) is 10.3. The minimum absolute atomic E-state index is 0.0116. The van der Waals surface area contributed by atoms with Crippen LogP contribution in [0.3, 0.4) is 0 Å². The Morgan fingerprint density at radius 3 is 2.69 bits per heavy atom. The van der Waals surface area contributed by atoms with Crippen LogP contribution >= 0.6 is 0 Å². The monoisotopic (exact) mass is 189 g/mol. The number of carbonyl (C=O) groups excluding carboxylic acids is 1. The fourth-order valence-electron chi connectivity index (χ4n) is 1.77. The number of carbonyl (C=O) groups is 1. The second-order valence-electron chi connectivity index (χ2n) is 3.77. The molecular weight excluding hydrogens is 173 g/mol. The van der Waals surface area contributed by atoms with Crippen LogP contribution in [0.4, 0.5) is 9.18 Å². The zero-order valence-corrected chi connectivity index (χ0v) is 8.29. The van der Waals surface area contributed by atoms with E-state index >= 15 is 0 Å². The highest BCUT2D eigenvalue weighted by molar-refractivity contribution is 5.68. The predicted octanol–water partition coefficient (Wildman–Crippen LogP) is 1.82. The Morgan fingerprint density at radius 1 is 1.62 bits per heavy atom. The summed E-state index contributed by atoms with van der Waals surface area (Å²) in [5.74, 6) is 0.278. The van der Waals surface area contributed by atoms with Gasteiger partial charge in [-0.3, -0.25) is 0 Å². The zero-order valence-electron chi connectivity index (χ0n) is 8.29. The van der Waals surface area contributed by atoms with E-state index in [1.807, 2.05) is 13.8 Å². The number of rotatable bonds is 1. The number of likely N-dealkylation sites (tertiary alicyclic amines) is 1. The van der Waals surface area contributed by atoms with E-state index in [0.29, 0.717) is 6.42 Å². The Morgan fingerprint density at radius 2 is 2.23 bits per heavy atom. The highest BCUT2D eigenvalue weighted by atomic mass is 19.1. The SMILES string of the molecule is COC(=O)N1CC(F)CC1C(C)C. The molecule has 0 spiro atoms. The van der Waals surface area contributed by atoms with E-state index < -0.39 is 12.3 Å². The van der Waals surface area contributed by atoms with Gasteiger partial charge in [-0.2, -0.15) is 0 Å². The largest absolute Gasteiger partial charge is 0.453 e. The van der Waals surface area contributed by atoms with Crippen LogP contribution in [0.25, 0.3) is 0 Å². The molecule has 0 radical (unpaired) electrons. The summed E-state index contributed by atoms with van der Waals surface area (Å²) in [6.45, 7) is 4.15. The molecule has 3 nitrogen and oxygen atoms in total. The number of amides is 1. The van der Waals surface area contributed by atoms with Gasteiger partial charge in [0.15, 0.2) is 0 Å². The van der Waals surface area contributed by atoms with Crippen molar-refractivity contribution in [2.24, 2.45) is 5.92 Å². The third-order valence-corrected chi connectivity index (χ3v) is 2.47. The van der Waals surface area contributed by atoms with Gasteiger partial charge in [-0.25, -0.2) is 9.18 Å². The summed E-state index contributed by atoms with van der Waals surface area (Å²) in [6.07, 6.45) is -0.877. The molecule has 1 amide bonds. The molecule has 1 heterocycles. The van der Waals surface area contributed by atoms with E-state index in [9.17, 15) is 9.18 Å². The van der Waals surface area contributed by atoms with Crippen LogP contribution < -0.4 is 0 Å². The van der Waals surface area contributed by atoms with Crippen LogP contribution in [0.15, 0.2) is 0 Å². The molecular formula is C9H16FNO2. The molecule has 1 aliphatic rings. The summed E-state index contributed by atoms with van der Waals surface area (Å²) < 4.78 is 17.6. The van der Waals surface area contributed by atoms with Crippen LogP contribution in [0.5, 0.6) is 0 Å². The van der Waals surface area contributed by atoms with Crippen molar-refractivity contribution in [2.45, 2.75) is 32.5 Å². The van der Waals surface area contributed by atoms with Crippen molar-refractivity contribution < 1.29 is 13.9 Å². The summed E-state index contributed by atoms with van der Waals surface area (Å²) in [5.41, 5.74) is 0. The number of hydrogen-bond acceptors (Lipinski definition) is 2. The molecule has 1 rings (SSSR count). The molecule has 1 saturated heterocycles. The van der Waals surface area contributed by atoms with E-state index in [-0.39, 0.29) is 18.5 Å². The summed E-state index contributed by atoms with van der Waals surface area (Å²) in [7, 11) is 1.32. The van der Waals surface area contributed by atoms with Crippen molar-refractivity contribution in [2.75, 3.05) is 13.7 Å². The maximum Gasteiger partial charge on any atom is 0.409 e. The third kappa shape index (κ3) is 2.11. The molecule has 0 bridgehead atoms. The van der Waals surface area contributed by atoms with Crippen LogP contribution in [-0.4, -0.2) is 36.9 Å². The highest BCUT2D eigenvalue weighted by Crippen LogP contribution is 2.26. The second kappa shape index (κ2) is 3.94. The van der Waals surface area contributed by atoms with Crippen molar-refractivity contribution in [1.82, 2.24) is 4.90 Å². The number of methoxy groups -OCH3 is 1. The maximum atomic E-state index is 13.0. The first-order chi connectivity index (χ1) is 6.06. The Bertz CT molecular complexity index is 196. The molecule has 4 heteroatoms.